The highest BCUT2D eigenvalue weighted by Gasteiger charge is 2.38. The van der Waals surface area contributed by atoms with E-state index in [1.54, 1.807) is 6.07 Å². The lowest BCUT2D eigenvalue weighted by atomic mass is 10.0. The Kier molecular flexibility index (Phi) is 2.78. The smallest absolute Gasteiger partial charge is 0.433 e. The largest absolute Gasteiger partial charge is 0.472 e. The summed E-state index contributed by atoms with van der Waals surface area (Å²) in [6.45, 7) is 0.766. The van der Waals surface area contributed by atoms with Crippen molar-refractivity contribution in [3.05, 3.63) is 35.5 Å². The SMILES string of the molecule is FC(F)(F)c1nc(-c2ccoc2)nc2c1CNCC2. The first kappa shape index (κ1) is 12.2. The van der Waals surface area contributed by atoms with Crippen LogP contribution in [-0.2, 0) is 19.1 Å². The summed E-state index contributed by atoms with van der Waals surface area (Å²) in [5, 5.41) is 2.91. The number of rotatable bonds is 1. The van der Waals surface area contributed by atoms with Gasteiger partial charge in [0.05, 0.1) is 17.5 Å². The van der Waals surface area contributed by atoms with Crippen LogP contribution in [0.1, 0.15) is 17.0 Å². The van der Waals surface area contributed by atoms with Crippen molar-refractivity contribution in [2.75, 3.05) is 6.54 Å². The van der Waals surface area contributed by atoms with Crippen LogP contribution in [0.25, 0.3) is 11.4 Å². The second kappa shape index (κ2) is 4.34. The molecule has 2 aromatic heterocycles. The highest BCUT2D eigenvalue weighted by molar-refractivity contribution is 5.54. The Morgan fingerprint density at radius 3 is 2.79 bits per heavy atom. The van der Waals surface area contributed by atoms with Gasteiger partial charge in [-0.3, -0.25) is 0 Å². The number of halogens is 3. The van der Waals surface area contributed by atoms with Gasteiger partial charge in [0.1, 0.15) is 6.26 Å². The van der Waals surface area contributed by atoms with Crippen LogP contribution >= 0.6 is 0 Å². The monoisotopic (exact) mass is 269 g/mol. The van der Waals surface area contributed by atoms with Crippen LogP contribution in [0.4, 0.5) is 13.2 Å². The normalized spacial score (nSPS) is 15.3. The molecule has 0 saturated heterocycles. The zero-order valence-corrected chi connectivity index (χ0v) is 9.79. The molecule has 19 heavy (non-hydrogen) atoms. The second-order valence-corrected chi connectivity index (χ2v) is 4.26. The Morgan fingerprint density at radius 1 is 1.26 bits per heavy atom. The summed E-state index contributed by atoms with van der Waals surface area (Å²) in [7, 11) is 0. The fourth-order valence-electron chi connectivity index (χ4n) is 2.10. The number of furan rings is 1. The topological polar surface area (TPSA) is 51.0 Å². The van der Waals surface area contributed by atoms with Gasteiger partial charge < -0.3 is 9.73 Å². The summed E-state index contributed by atoms with van der Waals surface area (Å²) in [5.74, 6) is 0.0572. The molecule has 0 fully saturated rings. The number of fused-ring (bicyclic) bond motifs is 1. The first-order valence-electron chi connectivity index (χ1n) is 5.76. The van der Waals surface area contributed by atoms with Gasteiger partial charge in [-0.1, -0.05) is 0 Å². The van der Waals surface area contributed by atoms with Gasteiger partial charge in [0, 0.05) is 25.1 Å². The van der Waals surface area contributed by atoms with Crippen molar-refractivity contribution >= 4 is 0 Å². The Hall–Kier alpha value is -1.89. The van der Waals surface area contributed by atoms with E-state index in [1.807, 2.05) is 0 Å². The Labute approximate surface area is 106 Å². The molecule has 0 saturated carbocycles. The van der Waals surface area contributed by atoms with Crippen molar-refractivity contribution in [2.45, 2.75) is 19.1 Å². The summed E-state index contributed by atoms with van der Waals surface area (Å²) in [6, 6.07) is 1.54. The molecule has 3 heterocycles. The van der Waals surface area contributed by atoms with E-state index in [0.29, 0.717) is 24.2 Å². The molecule has 100 valence electrons. The minimum Gasteiger partial charge on any atom is -0.472 e. The molecule has 3 rings (SSSR count). The number of hydrogen-bond acceptors (Lipinski definition) is 4. The molecule has 0 bridgehead atoms. The maximum atomic E-state index is 13.1. The van der Waals surface area contributed by atoms with Crippen molar-refractivity contribution in [1.82, 2.24) is 15.3 Å². The van der Waals surface area contributed by atoms with Gasteiger partial charge in [-0.25, -0.2) is 9.97 Å². The fourth-order valence-corrected chi connectivity index (χ4v) is 2.10. The van der Waals surface area contributed by atoms with Gasteiger partial charge >= 0.3 is 6.18 Å². The molecule has 0 amide bonds. The van der Waals surface area contributed by atoms with Crippen LogP contribution in [0.5, 0.6) is 0 Å². The summed E-state index contributed by atoms with van der Waals surface area (Å²) in [6.07, 6.45) is -1.30. The molecule has 0 radical (unpaired) electrons. The van der Waals surface area contributed by atoms with Gasteiger partial charge in [-0.2, -0.15) is 13.2 Å². The molecule has 0 aliphatic carbocycles. The predicted molar refractivity (Wildman–Crippen MR) is 60.1 cm³/mol. The molecular weight excluding hydrogens is 259 g/mol. The molecule has 1 aliphatic rings. The fraction of sp³-hybridized carbons (Fsp3) is 0.333. The average Bonchev–Trinajstić information content (AvgIpc) is 2.90. The first-order chi connectivity index (χ1) is 9.05. The number of hydrogen-bond donors (Lipinski definition) is 1. The van der Waals surface area contributed by atoms with Gasteiger partial charge in [-0.15, -0.1) is 0 Å². The molecular formula is C12H10F3N3O. The summed E-state index contributed by atoms with van der Waals surface area (Å²) >= 11 is 0. The van der Waals surface area contributed by atoms with Crippen LogP contribution in [0.3, 0.4) is 0 Å². The summed E-state index contributed by atoms with van der Waals surface area (Å²) in [4.78, 5) is 7.88. The number of alkyl halides is 3. The quantitative estimate of drug-likeness (QED) is 0.863. The lowest BCUT2D eigenvalue weighted by molar-refractivity contribution is -0.142. The van der Waals surface area contributed by atoms with Gasteiger partial charge in [0.15, 0.2) is 11.5 Å². The van der Waals surface area contributed by atoms with E-state index in [0.717, 1.165) is 0 Å². The number of aromatic nitrogens is 2. The van der Waals surface area contributed by atoms with Crippen molar-refractivity contribution in [2.24, 2.45) is 0 Å². The van der Waals surface area contributed by atoms with Crippen molar-refractivity contribution in [3.8, 4) is 11.4 Å². The molecule has 0 unspecified atom stereocenters. The van der Waals surface area contributed by atoms with Crippen LogP contribution in [0.2, 0.25) is 0 Å². The third kappa shape index (κ3) is 2.21. The van der Waals surface area contributed by atoms with Crippen molar-refractivity contribution < 1.29 is 17.6 Å². The highest BCUT2D eigenvalue weighted by atomic mass is 19.4. The van der Waals surface area contributed by atoms with E-state index in [9.17, 15) is 13.2 Å². The molecule has 1 N–H and O–H groups in total. The molecule has 4 nitrogen and oxygen atoms in total. The molecule has 1 aliphatic heterocycles. The van der Waals surface area contributed by atoms with Gasteiger partial charge in [0.25, 0.3) is 0 Å². The minimum atomic E-state index is -4.48. The third-order valence-corrected chi connectivity index (χ3v) is 2.98. The first-order valence-corrected chi connectivity index (χ1v) is 5.76. The molecule has 0 aromatic carbocycles. The van der Waals surface area contributed by atoms with Gasteiger partial charge in [0.2, 0.25) is 0 Å². The Bertz CT molecular complexity index is 593. The van der Waals surface area contributed by atoms with Crippen molar-refractivity contribution in [3.63, 3.8) is 0 Å². The van der Waals surface area contributed by atoms with Crippen LogP contribution in [-0.4, -0.2) is 16.5 Å². The van der Waals surface area contributed by atoms with E-state index in [1.165, 1.54) is 12.5 Å². The maximum Gasteiger partial charge on any atom is 0.433 e. The zero-order chi connectivity index (χ0) is 13.5. The Morgan fingerprint density at radius 2 is 2.11 bits per heavy atom. The van der Waals surface area contributed by atoms with Crippen LogP contribution in [0, 0.1) is 0 Å². The summed E-state index contributed by atoms with van der Waals surface area (Å²) in [5.41, 5.74) is 0.191. The standard InChI is InChI=1S/C12H10F3N3O/c13-12(14,15)10-8-5-16-3-1-9(8)17-11(18-10)7-2-4-19-6-7/h2,4,6,16H,1,3,5H2. The molecule has 2 aromatic rings. The lowest BCUT2D eigenvalue weighted by Crippen LogP contribution is -2.29. The van der Waals surface area contributed by atoms with Crippen LogP contribution in [0.15, 0.2) is 23.0 Å². The summed E-state index contributed by atoms with van der Waals surface area (Å²) < 4.78 is 44.0. The van der Waals surface area contributed by atoms with Crippen molar-refractivity contribution in [1.29, 1.82) is 0 Å². The van der Waals surface area contributed by atoms with Gasteiger partial charge in [-0.05, 0) is 6.07 Å². The highest BCUT2D eigenvalue weighted by Crippen LogP contribution is 2.34. The van der Waals surface area contributed by atoms with E-state index in [4.69, 9.17) is 4.42 Å². The van der Waals surface area contributed by atoms with E-state index in [-0.39, 0.29) is 17.9 Å². The third-order valence-electron chi connectivity index (χ3n) is 2.98. The van der Waals surface area contributed by atoms with E-state index in [2.05, 4.69) is 15.3 Å². The van der Waals surface area contributed by atoms with E-state index >= 15 is 0 Å². The molecule has 0 spiro atoms. The predicted octanol–water partition coefficient (Wildman–Crippen LogP) is 2.40. The number of nitrogens with zero attached hydrogens (tertiary/aromatic N) is 2. The minimum absolute atomic E-state index is 0.0572. The second-order valence-electron chi connectivity index (χ2n) is 4.26. The molecule has 0 atom stereocenters. The van der Waals surface area contributed by atoms with E-state index < -0.39 is 11.9 Å². The Balaban J connectivity index is 2.19. The maximum absolute atomic E-state index is 13.1. The lowest BCUT2D eigenvalue weighted by Gasteiger charge is -2.20. The average molecular weight is 269 g/mol. The molecule has 7 heteroatoms. The zero-order valence-electron chi connectivity index (χ0n) is 9.79. The van der Waals surface area contributed by atoms with Crippen LogP contribution < -0.4 is 5.32 Å². The number of nitrogens with one attached hydrogen (secondary N) is 1.